The number of amides is 1. The molecule has 168 valence electrons. The molecule has 1 atom stereocenters. The van der Waals surface area contributed by atoms with Crippen molar-refractivity contribution in [3.63, 3.8) is 0 Å². The highest BCUT2D eigenvalue weighted by atomic mass is 32.2. The molecular weight excluding hydrogens is 438 g/mol. The van der Waals surface area contributed by atoms with E-state index in [-0.39, 0.29) is 15.7 Å². The molecule has 31 heavy (non-hydrogen) atoms. The van der Waals surface area contributed by atoms with Gasteiger partial charge < -0.3 is 5.32 Å². The highest BCUT2D eigenvalue weighted by molar-refractivity contribution is 7.89. The lowest BCUT2D eigenvalue weighted by Gasteiger charge is -2.17. The molecule has 1 saturated heterocycles. The third kappa shape index (κ3) is 5.51. The molecule has 0 radical (unpaired) electrons. The minimum atomic E-state index is -3.85. The van der Waals surface area contributed by atoms with Gasteiger partial charge >= 0.3 is 0 Å². The molecule has 1 aliphatic heterocycles. The van der Waals surface area contributed by atoms with Crippen LogP contribution in [0.25, 0.3) is 0 Å². The first-order chi connectivity index (χ1) is 14.6. The molecule has 1 heterocycles. The molecule has 2 aromatic carbocycles. The fourth-order valence-corrected chi connectivity index (χ4v) is 6.09. The predicted molar refractivity (Wildman–Crippen MR) is 119 cm³/mol. The first-order valence-corrected chi connectivity index (χ1v) is 13.1. The summed E-state index contributed by atoms with van der Waals surface area (Å²) in [6.45, 7) is 4.45. The maximum atomic E-state index is 12.8. The van der Waals surface area contributed by atoms with Gasteiger partial charge in [-0.2, -0.15) is 4.31 Å². The largest absolute Gasteiger partial charge is 0.326 e. The Morgan fingerprint density at radius 2 is 1.48 bits per heavy atom. The van der Waals surface area contributed by atoms with Gasteiger partial charge in [-0.3, -0.25) is 4.79 Å². The summed E-state index contributed by atoms with van der Waals surface area (Å²) in [6, 6.07) is 11.7. The van der Waals surface area contributed by atoms with Crippen molar-refractivity contribution < 1.29 is 21.6 Å². The minimum absolute atomic E-state index is 0.00782. The molecule has 8 nitrogen and oxygen atoms in total. The molecule has 3 rings (SSSR count). The van der Waals surface area contributed by atoms with Crippen molar-refractivity contribution in [1.29, 1.82) is 0 Å². The molecule has 0 aromatic heterocycles. The van der Waals surface area contributed by atoms with Gasteiger partial charge in [-0.1, -0.05) is 19.1 Å². The zero-order valence-corrected chi connectivity index (χ0v) is 19.2. The minimum Gasteiger partial charge on any atom is -0.326 e. The number of carbonyl (C=O) groups excluding carboxylic acids is 1. The summed E-state index contributed by atoms with van der Waals surface area (Å²) in [7, 11) is -7.44. The van der Waals surface area contributed by atoms with Crippen molar-refractivity contribution in [3.05, 3.63) is 54.1 Å². The summed E-state index contributed by atoms with van der Waals surface area (Å²) in [6.07, 6.45) is 2.04. The van der Waals surface area contributed by atoms with Crippen LogP contribution in [-0.4, -0.2) is 40.1 Å². The topological polar surface area (TPSA) is 113 Å². The summed E-state index contributed by atoms with van der Waals surface area (Å²) < 4.78 is 54.7. The first kappa shape index (κ1) is 23.4. The SMILES string of the molecule is CCC(=O)Nc1ccc(C(C)NS(=O)(=O)c2ccc(S(=O)(=O)N3CCCC3)cc2)cc1. The second-order valence-electron chi connectivity index (χ2n) is 7.45. The highest BCUT2D eigenvalue weighted by Crippen LogP contribution is 2.23. The van der Waals surface area contributed by atoms with Gasteiger partial charge in [0.05, 0.1) is 9.79 Å². The second kappa shape index (κ2) is 9.47. The maximum absolute atomic E-state index is 12.8. The van der Waals surface area contributed by atoms with Crippen LogP contribution in [0.2, 0.25) is 0 Å². The summed E-state index contributed by atoms with van der Waals surface area (Å²) in [5.41, 5.74) is 1.37. The molecule has 1 amide bonds. The number of anilines is 1. The monoisotopic (exact) mass is 465 g/mol. The fourth-order valence-electron chi connectivity index (χ4n) is 3.34. The number of nitrogens with one attached hydrogen (secondary N) is 2. The van der Waals surface area contributed by atoms with Gasteiger partial charge in [0.15, 0.2) is 0 Å². The van der Waals surface area contributed by atoms with Crippen molar-refractivity contribution in [3.8, 4) is 0 Å². The Bertz CT molecular complexity index is 1120. The summed E-state index contributed by atoms with van der Waals surface area (Å²) >= 11 is 0. The molecule has 10 heteroatoms. The number of sulfonamides is 2. The van der Waals surface area contributed by atoms with Crippen LogP contribution in [0.5, 0.6) is 0 Å². The van der Waals surface area contributed by atoms with Crippen molar-refractivity contribution in [1.82, 2.24) is 9.03 Å². The molecule has 1 fully saturated rings. The number of benzene rings is 2. The van der Waals surface area contributed by atoms with Crippen LogP contribution in [0.4, 0.5) is 5.69 Å². The summed E-state index contributed by atoms with van der Waals surface area (Å²) in [4.78, 5) is 11.5. The number of carbonyl (C=O) groups is 1. The molecule has 0 spiro atoms. The molecule has 0 saturated carbocycles. The Morgan fingerprint density at radius 3 is 2.03 bits per heavy atom. The quantitative estimate of drug-likeness (QED) is 0.622. The average molecular weight is 466 g/mol. The maximum Gasteiger partial charge on any atom is 0.243 e. The van der Waals surface area contributed by atoms with Crippen LogP contribution < -0.4 is 10.0 Å². The zero-order valence-electron chi connectivity index (χ0n) is 17.5. The Labute approximate surface area is 183 Å². The molecule has 1 aliphatic rings. The summed E-state index contributed by atoms with van der Waals surface area (Å²) in [5, 5.41) is 2.74. The van der Waals surface area contributed by atoms with Crippen LogP contribution in [0.15, 0.2) is 58.3 Å². The van der Waals surface area contributed by atoms with E-state index >= 15 is 0 Å². The van der Waals surface area contributed by atoms with E-state index in [1.165, 1.54) is 28.6 Å². The molecule has 0 bridgehead atoms. The average Bonchev–Trinajstić information content (AvgIpc) is 3.30. The Hall–Kier alpha value is -2.27. The Kier molecular flexibility index (Phi) is 7.15. The van der Waals surface area contributed by atoms with Gasteiger partial charge in [0.2, 0.25) is 26.0 Å². The summed E-state index contributed by atoms with van der Waals surface area (Å²) in [5.74, 6) is -0.100. The lowest BCUT2D eigenvalue weighted by atomic mass is 10.1. The van der Waals surface area contributed by atoms with E-state index < -0.39 is 26.1 Å². The molecule has 2 aromatic rings. The van der Waals surface area contributed by atoms with Gasteiger partial charge in [-0.05, 0) is 61.7 Å². The number of rotatable bonds is 8. The molecule has 2 N–H and O–H groups in total. The van der Waals surface area contributed by atoms with Gasteiger partial charge in [0, 0.05) is 31.2 Å². The van der Waals surface area contributed by atoms with Crippen molar-refractivity contribution in [2.45, 2.75) is 48.9 Å². The van der Waals surface area contributed by atoms with Crippen LogP contribution in [0, 0.1) is 0 Å². The lowest BCUT2D eigenvalue weighted by Crippen LogP contribution is -2.28. The van der Waals surface area contributed by atoms with Crippen molar-refractivity contribution in [2.75, 3.05) is 18.4 Å². The Balaban J connectivity index is 1.70. The lowest BCUT2D eigenvalue weighted by molar-refractivity contribution is -0.115. The second-order valence-corrected chi connectivity index (χ2v) is 11.1. The van der Waals surface area contributed by atoms with Crippen LogP contribution in [0.3, 0.4) is 0 Å². The number of hydrogen-bond acceptors (Lipinski definition) is 5. The van der Waals surface area contributed by atoms with Crippen molar-refractivity contribution >= 4 is 31.6 Å². The molecular formula is C21H27N3O5S2. The van der Waals surface area contributed by atoms with E-state index in [1.54, 1.807) is 38.1 Å². The van der Waals surface area contributed by atoms with E-state index in [0.29, 0.717) is 25.2 Å². The van der Waals surface area contributed by atoms with Crippen LogP contribution in [0.1, 0.15) is 44.7 Å². The van der Waals surface area contributed by atoms with E-state index in [9.17, 15) is 21.6 Å². The predicted octanol–water partition coefficient (Wildman–Crippen LogP) is 2.86. The number of nitrogens with zero attached hydrogens (tertiary/aromatic N) is 1. The van der Waals surface area contributed by atoms with Crippen LogP contribution in [-0.2, 0) is 24.8 Å². The van der Waals surface area contributed by atoms with Gasteiger partial charge in [0.1, 0.15) is 0 Å². The standard InChI is InChI=1S/C21H27N3O5S2/c1-3-21(25)22-18-8-6-17(7-9-18)16(2)23-30(26,27)19-10-12-20(13-11-19)31(28,29)24-14-4-5-15-24/h6-13,16,23H,3-5,14-15H2,1-2H3,(H,22,25). The molecule has 1 unspecified atom stereocenters. The normalized spacial score (nSPS) is 16.2. The first-order valence-electron chi connectivity index (χ1n) is 10.2. The van der Waals surface area contributed by atoms with Crippen LogP contribution >= 0.6 is 0 Å². The smallest absolute Gasteiger partial charge is 0.243 e. The number of hydrogen-bond donors (Lipinski definition) is 2. The third-order valence-electron chi connectivity index (χ3n) is 5.18. The van der Waals surface area contributed by atoms with Crippen molar-refractivity contribution in [2.24, 2.45) is 0 Å². The Morgan fingerprint density at radius 1 is 0.935 bits per heavy atom. The van der Waals surface area contributed by atoms with Gasteiger partial charge in [-0.25, -0.2) is 21.6 Å². The van der Waals surface area contributed by atoms with E-state index in [1.807, 2.05) is 0 Å². The van der Waals surface area contributed by atoms with E-state index in [0.717, 1.165) is 18.4 Å². The van der Waals surface area contributed by atoms with E-state index in [2.05, 4.69) is 10.0 Å². The molecule has 0 aliphatic carbocycles. The fraction of sp³-hybridized carbons (Fsp3) is 0.381. The van der Waals surface area contributed by atoms with Gasteiger partial charge in [-0.15, -0.1) is 0 Å². The van der Waals surface area contributed by atoms with Gasteiger partial charge in [0.25, 0.3) is 0 Å². The highest BCUT2D eigenvalue weighted by Gasteiger charge is 2.27. The van der Waals surface area contributed by atoms with E-state index in [4.69, 9.17) is 0 Å². The zero-order chi connectivity index (χ0) is 22.6. The third-order valence-corrected chi connectivity index (χ3v) is 8.65.